The molecule has 0 heterocycles. The molecule has 1 unspecified atom stereocenters. The van der Waals surface area contributed by atoms with Crippen LogP contribution in [0.15, 0.2) is 0 Å². The maximum Gasteiger partial charge on any atom is 0.0879 e. The molecule has 0 saturated carbocycles. The number of ether oxygens (including phenoxy) is 1. The Morgan fingerprint density at radius 1 is 1.45 bits per heavy atom. The molecule has 0 aliphatic heterocycles. The molecule has 0 saturated heterocycles. The van der Waals surface area contributed by atoms with Crippen molar-refractivity contribution in [1.29, 1.82) is 0 Å². The van der Waals surface area contributed by atoms with E-state index in [9.17, 15) is 5.11 Å². The molecule has 0 aliphatic rings. The topological polar surface area (TPSA) is 29.5 Å². The Balaban J connectivity index is 3.87. The normalized spacial score (nSPS) is 16.9. The van der Waals surface area contributed by atoms with Crippen LogP contribution in [-0.2, 0) is 4.74 Å². The maximum absolute atomic E-state index is 9.87. The van der Waals surface area contributed by atoms with E-state index in [2.05, 4.69) is 13.8 Å². The first-order chi connectivity index (χ1) is 5.04. The number of rotatable bonds is 5. The Morgan fingerprint density at radius 3 is 2.27 bits per heavy atom. The molecule has 11 heavy (non-hydrogen) atoms. The van der Waals surface area contributed by atoms with Crippen molar-refractivity contribution in [3.8, 4) is 0 Å². The highest BCUT2D eigenvalue weighted by Crippen LogP contribution is 2.20. The molecule has 0 radical (unpaired) electrons. The van der Waals surface area contributed by atoms with Gasteiger partial charge in [-0.15, -0.1) is 0 Å². The fourth-order valence-corrected chi connectivity index (χ4v) is 1.33. The molecule has 0 aromatic rings. The molecule has 0 spiro atoms. The Morgan fingerprint density at radius 2 is 2.00 bits per heavy atom. The number of aliphatic hydroxyl groups is 1. The highest BCUT2D eigenvalue weighted by molar-refractivity contribution is 4.77. The van der Waals surface area contributed by atoms with Crippen LogP contribution >= 0.6 is 0 Å². The molecule has 0 aromatic carbocycles. The molecule has 0 amide bonds. The molecule has 0 rings (SSSR count). The third-order valence-electron chi connectivity index (χ3n) is 1.86. The second kappa shape index (κ2) is 4.73. The second-order valence-corrected chi connectivity index (χ2v) is 3.61. The van der Waals surface area contributed by atoms with Gasteiger partial charge < -0.3 is 9.84 Å². The minimum atomic E-state index is -0.608. The van der Waals surface area contributed by atoms with Crippen LogP contribution in [0.5, 0.6) is 0 Å². The Kier molecular flexibility index (Phi) is 4.69. The van der Waals surface area contributed by atoms with E-state index in [-0.39, 0.29) is 0 Å². The third-order valence-corrected chi connectivity index (χ3v) is 1.86. The molecule has 0 bridgehead atoms. The summed E-state index contributed by atoms with van der Waals surface area (Å²) < 4.78 is 4.95. The van der Waals surface area contributed by atoms with Gasteiger partial charge in [0.15, 0.2) is 0 Å². The van der Waals surface area contributed by atoms with Gasteiger partial charge in [-0.1, -0.05) is 20.8 Å². The van der Waals surface area contributed by atoms with Crippen LogP contribution in [0.1, 0.15) is 33.6 Å². The van der Waals surface area contributed by atoms with Gasteiger partial charge in [-0.3, -0.25) is 0 Å². The van der Waals surface area contributed by atoms with Gasteiger partial charge in [0.25, 0.3) is 0 Å². The van der Waals surface area contributed by atoms with Crippen molar-refractivity contribution < 1.29 is 9.84 Å². The van der Waals surface area contributed by atoms with Gasteiger partial charge in [0.1, 0.15) is 0 Å². The van der Waals surface area contributed by atoms with E-state index in [1.807, 2.05) is 6.92 Å². The first-order valence-electron chi connectivity index (χ1n) is 4.25. The lowest BCUT2D eigenvalue weighted by molar-refractivity contribution is -0.0474. The molecule has 1 N–H and O–H groups in total. The average molecular weight is 160 g/mol. The Hall–Kier alpha value is -0.0800. The van der Waals surface area contributed by atoms with Crippen LogP contribution in [-0.4, -0.2) is 24.4 Å². The second-order valence-electron chi connectivity index (χ2n) is 3.61. The van der Waals surface area contributed by atoms with E-state index in [0.717, 1.165) is 12.8 Å². The van der Waals surface area contributed by atoms with Crippen LogP contribution in [0.25, 0.3) is 0 Å². The smallest absolute Gasteiger partial charge is 0.0879 e. The predicted molar refractivity (Wildman–Crippen MR) is 46.6 cm³/mol. The van der Waals surface area contributed by atoms with Crippen molar-refractivity contribution >= 4 is 0 Å². The van der Waals surface area contributed by atoms with Crippen LogP contribution in [0.4, 0.5) is 0 Å². The summed E-state index contributed by atoms with van der Waals surface area (Å²) >= 11 is 0. The maximum atomic E-state index is 9.87. The summed E-state index contributed by atoms with van der Waals surface area (Å²) in [6, 6.07) is 0. The summed E-state index contributed by atoms with van der Waals surface area (Å²) in [6.45, 7) is 6.65. The third kappa shape index (κ3) is 4.38. The SMILES string of the molecule is CCC(O)(COC)CC(C)C. The van der Waals surface area contributed by atoms with Crippen LogP contribution in [0, 0.1) is 5.92 Å². The lowest BCUT2D eigenvalue weighted by atomic mass is 9.91. The lowest BCUT2D eigenvalue weighted by Crippen LogP contribution is -2.34. The van der Waals surface area contributed by atoms with E-state index < -0.39 is 5.60 Å². The van der Waals surface area contributed by atoms with Crippen LogP contribution in [0.3, 0.4) is 0 Å². The highest BCUT2D eigenvalue weighted by atomic mass is 16.5. The molecule has 0 aromatic heterocycles. The molecule has 0 aliphatic carbocycles. The summed E-state index contributed by atoms with van der Waals surface area (Å²) in [4.78, 5) is 0. The van der Waals surface area contributed by atoms with Crippen LogP contribution < -0.4 is 0 Å². The molecule has 1 atom stereocenters. The monoisotopic (exact) mass is 160 g/mol. The van der Waals surface area contributed by atoms with Crippen molar-refractivity contribution in [2.75, 3.05) is 13.7 Å². The van der Waals surface area contributed by atoms with E-state index >= 15 is 0 Å². The minimum Gasteiger partial charge on any atom is -0.387 e. The largest absolute Gasteiger partial charge is 0.387 e. The number of hydrogen-bond donors (Lipinski definition) is 1. The van der Waals surface area contributed by atoms with Crippen molar-refractivity contribution in [1.82, 2.24) is 0 Å². The van der Waals surface area contributed by atoms with Gasteiger partial charge in [-0.25, -0.2) is 0 Å². The van der Waals surface area contributed by atoms with Crippen LogP contribution in [0.2, 0.25) is 0 Å². The van der Waals surface area contributed by atoms with Crippen molar-refractivity contribution in [2.24, 2.45) is 5.92 Å². The summed E-state index contributed by atoms with van der Waals surface area (Å²) in [5.41, 5.74) is -0.608. The molecule has 68 valence electrons. The molecule has 2 heteroatoms. The fraction of sp³-hybridized carbons (Fsp3) is 1.00. The van der Waals surface area contributed by atoms with Gasteiger partial charge in [-0.2, -0.15) is 0 Å². The fourth-order valence-electron chi connectivity index (χ4n) is 1.33. The molecular formula is C9H20O2. The first kappa shape index (κ1) is 10.9. The predicted octanol–water partition coefficient (Wildman–Crippen LogP) is 1.82. The van der Waals surface area contributed by atoms with E-state index in [1.54, 1.807) is 7.11 Å². The van der Waals surface area contributed by atoms with E-state index in [4.69, 9.17) is 4.74 Å². The Bertz CT molecular complexity index is 102. The first-order valence-corrected chi connectivity index (χ1v) is 4.25. The summed E-state index contributed by atoms with van der Waals surface area (Å²) in [5, 5.41) is 9.87. The molecular weight excluding hydrogens is 140 g/mol. The zero-order valence-corrected chi connectivity index (χ0v) is 8.05. The quantitative estimate of drug-likeness (QED) is 0.664. The average Bonchev–Trinajstić information content (AvgIpc) is 1.87. The van der Waals surface area contributed by atoms with Crippen molar-refractivity contribution in [3.05, 3.63) is 0 Å². The van der Waals surface area contributed by atoms with Gasteiger partial charge in [-0.05, 0) is 18.8 Å². The highest BCUT2D eigenvalue weighted by Gasteiger charge is 2.25. The van der Waals surface area contributed by atoms with E-state index in [1.165, 1.54) is 0 Å². The Labute approximate surface area is 69.6 Å². The number of methoxy groups -OCH3 is 1. The summed E-state index contributed by atoms with van der Waals surface area (Å²) in [5.74, 6) is 0.523. The van der Waals surface area contributed by atoms with Gasteiger partial charge in [0.05, 0.1) is 12.2 Å². The van der Waals surface area contributed by atoms with Gasteiger partial charge in [0, 0.05) is 7.11 Å². The number of hydrogen-bond acceptors (Lipinski definition) is 2. The summed E-state index contributed by atoms with van der Waals surface area (Å²) in [7, 11) is 1.63. The summed E-state index contributed by atoms with van der Waals surface area (Å²) in [6.07, 6.45) is 1.58. The van der Waals surface area contributed by atoms with Crippen molar-refractivity contribution in [2.45, 2.75) is 39.2 Å². The van der Waals surface area contributed by atoms with Gasteiger partial charge in [0.2, 0.25) is 0 Å². The molecule has 2 nitrogen and oxygen atoms in total. The molecule has 0 fully saturated rings. The van der Waals surface area contributed by atoms with E-state index in [0.29, 0.717) is 12.5 Å². The standard InChI is InChI=1S/C9H20O2/c1-5-9(10,7-11-4)6-8(2)3/h8,10H,5-7H2,1-4H3. The zero-order valence-electron chi connectivity index (χ0n) is 8.05. The lowest BCUT2D eigenvalue weighted by Gasteiger charge is -2.27. The van der Waals surface area contributed by atoms with Gasteiger partial charge >= 0.3 is 0 Å². The van der Waals surface area contributed by atoms with Crippen molar-refractivity contribution in [3.63, 3.8) is 0 Å². The minimum absolute atomic E-state index is 0.446. The zero-order chi connectivity index (χ0) is 8.91.